The molecule has 1 aromatic heterocycles. The number of nitrogens with one attached hydrogen (secondary N) is 1. The van der Waals surface area contributed by atoms with E-state index < -0.39 is 0 Å². The summed E-state index contributed by atoms with van der Waals surface area (Å²) in [5, 5.41) is 4.78. The van der Waals surface area contributed by atoms with Crippen LogP contribution < -0.4 is 5.32 Å². The number of hydrogen-bond donors (Lipinski definition) is 1. The lowest BCUT2D eigenvalue weighted by Crippen LogP contribution is -2.23. The molecule has 1 atom stereocenters. The number of thiazole rings is 1. The summed E-state index contributed by atoms with van der Waals surface area (Å²) < 4.78 is 5.50. The summed E-state index contributed by atoms with van der Waals surface area (Å²) in [7, 11) is 0. The third kappa shape index (κ3) is 3.77. The van der Waals surface area contributed by atoms with Gasteiger partial charge in [0.2, 0.25) is 0 Å². The van der Waals surface area contributed by atoms with Gasteiger partial charge in [-0.1, -0.05) is 34.6 Å². The van der Waals surface area contributed by atoms with Gasteiger partial charge in [0.15, 0.2) is 0 Å². The highest BCUT2D eigenvalue weighted by atomic mass is 32.1. The zero-order chi connectivity index (χ0) is 14.0. The van der Waals surface area contributed by atoms with Gasteiger partial charge in [-0.15, -0.1) is 11.3 Å². The van der Waals surface area contributed by atoms with Gasteiger partial charge in [0.1, 0.15) is 0 Å². The molecule has 0 spiro atoms. The van der Waals surface area contributed by atoms with Crippen LogP contribution in [0.25, 0.3) is 0 Å². The van der Waals surface area contributed by atoms with E-state index in [9.17, 15) is 0 Å². The molecule has 1 unspecified atom stereocenters. The van der Waals surface area contributed by atoms with E-state index in [0.717, 1.165) is 26.2 Å². The smallest absolute Gasteiger partial charge is 0.0986 e. The van der Waals surface area contributed by atoms with Crippen LogP contribution in [0, 0.1) is 0 Å². The number of hydrogen-bond acceptors (Lipinski definition) is 4. The van der Waals surface area contributed by atoms with Crippen molar-refractivity contribution in [2.75, 3.05) is 13.2 Å². The Morgan fingerprint density at radius 1 is 1.42 bits per heavy atom. The van der Waals surface area contributed by atoms with Crippen molar-refractivity contribution in [1.82, 2.24) is 10.3 Å². The second kappa shape index (κ2) is 5.90. The molecule has 108 valence electrons. The molecule has 3 nitrogen and oxygen atoms in total. The van der Waals surface area contributed by atoms with Crippen LogP contribution in [0.2, 0.25) is 0 Å². The number of nitrogens with zero attached hydrogens (tertiary/aromatic N) is 1. The Kier molecular flexibility index (Phi) is 4.64. The van der Waals surface area contributed by atoms with E-state index in [1.807, 2.05) is 11.3 Å². The van der Waals surface area contributed by atoms with Crippen LogP contribution in [-0.4, -0.2) is 24.2 Å². The number of ether oxygens (including phenoxy) is 1. The van der Waals surface area contributed by atoms with E-state index in [-0.39, 0.29) is 5.41 Å². The molecule has 1 saturated heterocycles. The molecule has 0 radical (unpaired) electrons. The van der Waals surface area contributed by atoms with Crippen LogP contribution in [0.4, 0.5) is 0 Å². The first-order chi connectivity index (χ1) is 8.88. The zero-order valence-electron chi connectivity index (χ0n) is 12.7. The summed E-state index contributed by atoms with van der Waals surface area (Å²) in [5.74, 6) is 0.513. The summed E-state index contributed by atoms with van der Waals surface area (Å²) in [6.45, 7) is 13.8. The standard InChI is InChI=1S/C15H26N2OS/c1-10(2)16-8-12-13(15(3,4)5)17-14(19-12)11-6-7-18-9-11/h10-11,16H,6-9H2,1-5H3. The van der Waals surface area contributed by atoms with Crippen molar-refractivity contribution in [2.45, 2.75) is 65.0 Å². The molecule has 1 aliphatic rings. The van der Waals surface area contributed by atoms with Crippen molar-refractivity contribution in [3.05, 3.63) is 15.6 Å². The summed E-state index contributed by atoms with van der Waals surface area (Å²) in [4.78, 5) is 6.33. The lowest BCUT2D eigenvalue weighted by atomic mass is 9.91. The molecule has 0 aliphatic carbocycles. The zero-order valence-corrected chi connectivity index (χ0v) is 13.6. The van der Waals surface area contributed by atoms with Crippen LogP contribution in [-0.2, 0) is 16.7 Å². The van der Waals surface area contributed by atoms with Gasteiger partial charge in [0.05, 0.1) is 17.3 Å². The van der Waals surface area contributed by atoms with E-state index in [4.69, 9.17) is 9.72 Å². The second-order valence-electron chi connectivity index (χ2n) is 6.67. The van der Waals surface area contributed by atoms with Crippen molar-refractivity contribution in [3.63, 3.8) is 0 Å². The van der Waals surface area contributed by atoms with Crippen molar-refractivity contribution >= 4 is 11.3 Å². The Bertz CT molecular complexity index is 414. The van der Waals surface area contributed by atoms with Crippen LogP contribution in [0.5, 0.6) is 0 Å². The van der Waals surface area contributed by atoms with E-state index in [1.165, 1.54) is 15.6 Å². The molecule has 0 amide bonds. The van der Waals surface area contributed by atoms with Gasteiger partial charge < -0.3 is 10.1 Å². The highest BCUT2D eigenvalue weighted by Crippen LogP contribution is 2.35. The summed E-state index contributed by atoms with van der Waals surface area (Å²) in [6.07, 6.45) is 1.12. The normalized spacial score (nSPS) is 20.4. The first-order valence-electron chi connectivity index (χ1n) is 7.19. The fourth-order valence-corrected chi connectivity index (χ4v) is 3.62. The van der Waals surface area contributed by atoms with Gasteiger partial charge in [-0.3, -0.25) is 0 Å². The predicted octanol–water partition coefficient (Wildman–Crippen LogP) is 3.44. The van der Waals surface area contributed by atoms with E-state index in [2.05, 4.69) is 39.9 Å². The average Bonchev–Trinajstić information content (AvgIpc) is 2.94. The van der Waals surface area contributed by atoms with Crippen LogP contribution in [0.1, 0.15) is 62.5 Å². The lowest BCUT2D eigenvalue weighted by molar-refractivity contribution is 0.194. The second-order valence-corrected chi connectivity index (χ2v) is 7.79. The minimum Gasteiger partial charge on any atom is -0.381 e. The molecule has 1 aromatic rings. The van der Waals surface area contributed by atoms with E-state index in [1.54, 1.807) is 0 Å². The van der Waals surface area contributed by atoms with E-state index in [0.29, 0.717) is 12.0 Å². The minimum absolute atomic E-state index is 0.113. The lowest BCUT2D eigenvalue weighted by Gasteiger charge is -2.18. The van der Waals surface area contributed by atoms with Crippen LogP contribution in [0.15, 0.2) is 0 Å². The Morgan fingerprint density at radius 3 is 2.68 bits per heavy atom. The maximum Gasteiger partial charge on any atom is 0.0986 e. The first kappa shape index (κ1) is 14.9. The molecule has 0 aromatic carbocycles. The fourth-order valence-electron chi connectivity index (χ4n) is 2.28. The van der Waals surface area contributed by atoms with Gasteiger partial charge in [-0.2, -0.15) is 0 Å². The van der Waals surface area contributed by atoms with Crippen molar-refractivity contribution in [1.29, 1.82) is 0 Å². The highest BCUT2D eigenvalue weighted by molar-refractivity contribution is 7.11. The largest absolute Gasteiger partial charge is 0.381 e. The Hall–Kier alpha value is -0.450. The summed E-state index contributed by atoms with van der Waals surface area (Å²) in [6, 6.07) is 0.508. The Balaban J connectivity index is 2.23. The molecular weight excluding hydrogens is 256 g/mol. The third-order valence-electron chi connectivity index (χ3n) is 3.37. The maximum absolute atomic E-state index is 5.50. The monoisotopic (exact) mass is 282 g/mol. The molecule has 1 aliphatic heterocycles. The van der Waals surface area contributed by atoms with Crippen molar-refractivity contribution < 1.29 is 4.74 Å². The van der Waals surface area contributed by atoms with Gasteiger partial charge in [-0.25, -0.2) is 4.98 Å². The molecule has 2 heterocycles. The Morgan fingerprint density at radius 2 is 2.16 bits per heavy atom. The molecular formula is C15H26N2OS. The van der Waals surface area contributed by atoms with Gasteiger partial charge >= 0.3 is 0 Å². The molecule has 2 rings (SSSR count). The summed E-state index contributed by atoms with van der Waals surface area (Å²) >= 11 is 1.87. The molecule has 4 heteroatoms. The maximum atomic E-state index is 5.50. The minimum atomic E-state index is 0.113. The summed E-state index contributed by atoms with van der Waals surface area (Å²) in [5.41, 5.74) is 1.37. The fraction of sp³-hybridized carbons (Fsp3) is 0.800. The van der Waals surface area contributed by atoms with Crippen LogP contribution in [0.3, 0.4) is 0 Å². The van der Waals surface area contributed by atoms with Gasteiger partial charge in [-0.05, 0) is 6.42 Å². The molecule has 0 saturated carbocycles. The van der Waals surface area contributed by atoms with Gasteiger partial charge in [0, 0.05) is 35.4 Å². The molecule has 1 N–H and O–H groups in total. The molecule has 19 heavy (non-hydrogen) atoms. The highest BCUT2D eigenvalue weighted by Gasteiger charge is 2.27. The SMILES string of the molecule is CC(C)NCc1sc(C2CCOC2)nc1C(C)(C)C. The van der Waals surface area contributed by atoms with Crippen molar-refractivity contribution in [2.24, 2.45) is 0 Å². The third-order valence-corrected chi connectivity index (χ3v) is 4.59. The number of aromatic nitrogens is 1. The molecule has 0 bridgehead atoms. The Labute approximate surface area is 120 Å². The first-order valence-corrected chi connectivity index (χ1v) is 8.00. The molecule has 1 fully saturated rings. The quantitative estimate of drug-likeness (QED) is 0.918. The topological polar surface area (TPSA) is 34.1 Å². The predicted molar refractivity (Wildman–Crippen MR) is 81.0 cm³/mol. The van der Waals surface area contributed by atoms with Crippen LogP contribution >= 0.6 is 11.3 Å². The van der Waals surface area contributed by atoms with Crippen molar-refractivity contribution in [3.8, 4) is 0 Å². The van der Waals surface area contributed by atoms with Gasteiger partial charge in [0.25, 0.3) is 0 Å². The number of rotatable bonds is 4. The van der Waals surface area contributed by atoms with E-state index >= 15 is 0 Å². The average molecular weight is 282 g/mol.